The summed E-state index contributed by atoms with van der Waals surface area (Å²) in [6.45, 7) is 2.62. The van der Waals surface area contributed by atoms with E-state index in [4.69, 9.17) is 5.73 Å². The molecule has 1 amide bonds. The van der Waals surface area contributed by atoms with Crippen molar-refractivity contribution in [3.05, 3.63) is 11.8 Å². The highest BCUT2D eigenvalue weighted by Gasteiger charge is 2.22. The van der Waals surface area contributed by atoms with Gasteiger partial charge in [-0.3, -0.25) is 4.79 Å². The fraction of sp³-hybridized carbons (Fsp3) is 0.583. The molecule has 98 valence electrons. The number of carbonyl (C=O) groups excluding carboxylic acids is 1. The van der Waals surface area contributed by atoms with E-state index in [9.17, 15) is 4.79 Å². The van der Waals surface area contributed by atoms with Gasteiger partial charge in [0, 0.05) is 30.8 Å². The standard InChI is InChI=1S/C12H19N5O/c1-8-7-15-12(13)17-11(8)14-6-2-3-10(18)16-9-4-5-9/h7,9H,2-6H2,1H3,(H,16,18)(H3,13,14,15,17). The molecular weight excluding hydrogens is 230 g/mol. The second-order valence-corrected chi connectivity index (χ2v) is 4.63. The Balaban J connectivity index is 1.67. The predicted octanol–water partition coefficient (Wildman–Crippen LogP) is 0.838. The lowest BCUT2D eigenvalue weighted by Crippen LogP contribution is -2.25. The minimum Gasteiger partial charge on any atom is -0.370 e. The maximum absolute atomic E-state index is 11.4. The Kier molecular flexibility index (Phi) is 3.96. The Morgan fingerprint density at radius 2 is 2.33 bits per heavy atom. The van der Waals surface area contributed by atoms with Crippen molar-refractivity contribution in [2.45, 2.75) is 38.6 Å². The lowest BCUT2D eigenvalue weighted by Gasteiger charge is -2.08. The Morgan fingerprint density at radius 1 is 1.56 bits per heavy atom. The van der Waals surface area contributed by atoms with Crippen LogP contribution >= 0.6 is 0 Å². The zero-order chi connectivity index (χ0) is 13.0. The van der Waals surface area contributed by atoms with Crippen molar-refractivity contribution in [3.63, 3.8) is 0 Å². The van der Waals surface area contributed by atoms with Gasteiger partial charge < -0.3 is 16.4 Å². The molecule has 0 spiro atoms. The van der Waals surface area contributed by atoms with Crippen LogP contribution in [0.5, 0.6) is 0 Å². The van der Waals surface area contributed by atoms with Gasteiger partial charge in [0.05, 0.1) is 0 Å². The molecule has 6 heteroatoms. The fourth-order valence-electron chi connectivity index (χ4n) is 1.62. The summed E-state index contributed by atoms with van der Waals surface area (Å²) in [6.07, 6.45) is 5.27. The number of carbonyl (C=O) groups is 1. The van der Waals surface area contributed by atoms with E-state index < -0.39 is 0 Å². The van der Waals surface area contributed by atoms with E-state index in [0.29, 0.717) is 19.0 Å². The number of hydrogen-bond donors (Lipinski definition) is 3. The Hall–Kier alpha value is -1.85. The van der Waals surface area contributed by atoms with Crippen molar-refractivity contribution in [1.29, 1.82) is 0 Å². The number of nitrogens with two attached hydrogens (primary N) is 1. The maximum Gasteiger partial charge on any atom is 0.221 e. The molecule has 1 aromatic heterocycles. The average molecular weight is 249 g/mol. The highest BCUT2D eigenvalue weighted by atomic mass is 16.1. The number of nitrogens with zero attached hydrogens (tertiary/aromatic N) is 2. The largest absolute Gasteiger partial charge is 0.370 e. The summed E-state index contributed by atoms with van der Waals surface area (Å²) in [5.41, 5.74) is 6.47. The van der Waals surface area contributed by atoms with Crippen LogP contribution in [0.3, 0.4) is 0 Å². The van der Waals surface area contributed by atoms with E-state index in [1.807, 2.05) is 6.92 Å². The molecule has 0 aromatic carbocycles. The van der Waals surface area contributed by atoms with Crippen LogP contribution in [-0.4, -0.2) is 28.5 Å². The molecule has 18 heavy (non-hydrogen) atoms. The first-order valence-corrected chi connectivity index (χ1v) is 6.27. The van der Waals surface area contributed by atoms with Crippen molar-refractivity contribution in [1.82, 2.24) is 15.3 Å². The van der Waals surface area contributed by atoms with Gasteiger partial charge in [0.1, 0.15) is 5.82 Å². The van der Waals surface area contributed by atoms with Crippen molar-refractivity contribution in [2.24, 2.45) is 0 Å². The van der Waals surface area contributed by atoms with Gasteiger partial charge in [-0.25, -0.2) is 4.98 Å². The van der Waals surface area contributed by atoms with Crippen LogP contribution in [0.15, 0.2) is 6.20 Å². The number of nitrogen functional groups attached to an aromatic ring is 1. The highest BCUT2D eigenvalue weighted by Crippen LogP contribution is 2.18. The minimum atomic E-state index is 0.137. The van der Waals surface area contributed by atoms with Crippen molar-refractivity contribution < 1.29 is 4.79 Å². The minimum absolute atomic E-state index is 0.137. The fourth-order valence-corrected chi connectivity index (χ4v) is 1.62. The second-order valence-electron chi connectivity index (χ2n) is 4.63. The lowest BCUT2D eigenvalue weighted by atomic mass is 10.3. The van der Waals surface area contributed by atoms with Gasteiger partial charge in [0.15, 0.2) is 0 Å². The van der Waals surface area contributed by atoms with Gasteiger partial charge in [-0.1, -0.05) is 0 Å². The summed E-state index contributed by atoms with van der Waals surface area (Å²) in [4.78, 5) is 19.4. The van der Waals surface area contributed by atoms with Gasteiger partial charge in [-0.15, -0.1) is 0 Å². The van der Waals surface area contributed by atoms with Crippen LogP contribution in [0.1, 0.15) is 31.2 Å². The molecule has 1 aromatic rings. The van der Waals surface area contributed by atoms with Gasteiger partial charge >= 0.3 is 0 Å². The van der Waals surface area contributed by atoms with Crippen LogP contribution in [0, 0.1) is 6.92 Å². The molecule has 2 rings (SSSR count). The Labute approximate surface area is 106 Å². The Morgan fingerprint density at radius 3 is 3.06 bits per heavy atom. The third-order valence-electron chi connectivity index (χ3n) is 2.81. The van der Waals surface area contributed by atoms with E-state index in [2.05, 4.69) is 20.6 Å². The number of hydrogen-bond acceptors (Lipinski definition) is 5. The number of rotatable bonds is 6. The van der Waals surface area contributed by atoms with E-state index in [-0.39, 0.29) is 11.9 Å². The number of anilines is 2. The predicted molar refractivity (Wildman–Crippen MR) is 70.1 cm³/mol. The SMILES string of the molecule is Cc1cnc(N)nc1NCCCC(=O)NC1CC1. The summed E-state index contributed by atoms with van der Waals surface area (Å²) in [5, 5.41) is 6.13. The number of nitrogens with one attached hydrogen (secondary N) is 2. The van der Waals surface area contributed by atoms with E-state index >= 15 is 0 Å². The topological polar surface area (TPSA) is 92.9 Å². The molecule has 0 aliphatic heterocycles. The normalized spacial score (nSPS) is 14.3. The van der Waals surface area contributed by atoms with Crippen LogP contribution in [-0.2, 0) is 4.79 Å². The summed E-state index contributed by atoms with van der Waals surface area (Å²) in [7, 11) is 0. The van der Waals surface area contributed by atoms with Gasteiger partial charge in [-0.05, 0) is 26.2 Å². The van der Waals surface area contributed by atoms with Crippen LogP contribution < -0.4 is 16.4 Å². The van der Waals surface area contributed by atoms with Crippen LogP contribution in [0.4, 0.5) is 11.8 Å². The number of aryl methyl sites for hydroxylation is 1. The quantitative estimate of drug-likeness (QED) is 0.650. The molecule has 0 atom stereocenters. The summed E-state index contributed by atoms with van der Waals surface area (Å²) >= 11 is 0. The van der Waals surface area contributed by atoms with Crippen LogP contribution in [0.2, 0.25) is 0 Å². The Bertz CT molecular complexity index is 430. The third-order valence-corrected chi connectivity index (χ3v) is 2.81. The van der Waals surface area contributed by atoms with Crippen molar-refractivity contribution in [3.8, 4) is 0 Å². The van der Waals surface area contributed by atoms with Gasteiger partial charge in [0.2, 0.25) is 11.9 Å². The zero-order valence-corrected chi connectivity index (χ0v) is 10.6. The second kappa shape index (κ2) is 5.66. The molecule has 1 fully saturated rings. The van der Waals surface area contributed by atoms with Crippen molar-refractivity contribution in [2.75, 3.05) is 17.6 Å². The first kappa shape index (κ1) is 12.6. The number of aromatic nitrogens is 2. The summed E-state index contributed by atoms with van der Waals surface area (Å²) in [6, 6.07) is 0.439. The number of amides is 1. The monoisotopic (exact) mass is 249 g/mol. The molecule has 0 saturated heterocycles. The molecule has 0 radical (unpaired) electrons. The lowest BCUT2D eigenvalue weighted by molar-refractivity contribution is -0.121. The highest BCUT2D eigenvalue weighted by molar-refractivity contribution is 5.76. The molecule has 0 bridgehead atoms. The molecule has 1 aliphatic carbocycles. The molecule has 1 aliphatic rings. The molecule has 6 nitrogen and oxygen atoms in total. The van der Waals surface area contributed by atoms with Crippen LogP contribution in [0.25, 0.3) is 0 Å². The molecule has 1 heterocycles. The smallest absolute Gasteiger partial charge is 0.221 e. The van der Waals surface area contributed by atoms with E-state index in [1.54, 1.807) is 6.20 Å². The van der Waals surface area contributed by atoms with E-state index in [0.717, 1.165) is 30.6 Å². The summed E-state index contributed by atoms with van der Waals surface area (Å²) in [5.74, 6) is 1.14. The van der Waals surface area contributed by atoms with Gasteiger partial charge in [0.25, 0.3) is 0 Å². The van der Waals surface area contributed by atoms with E-state index in [1.165, 1.54) is 0 Å². The van der Waals surface area contributed by atoms with Gasteiger partial charge in [-0.2, -0.15) is 4.98 Å². The van der Waals surface area contributed by atoms with Crippen molar-refractivity contribution >= 4 is 17.7 Å². The zero-order valence-electron chi connectivity index (χ0n) is 10.6. The summed E-state index contributed by atoms with van der Waals surface area (Å²) < 4.78 is 0. The maximum atomic E-state index is 11.4. The first-order valence-electron chi connectivity index (χ1n) is 6.27. The molecular formula is C12H19N5O. The molecule has 4 N–H and O–H groups in total. The molecule has 0 unspecified atom stereocenters. The third kappa shape index (κ3) is 3.87. The average Bonchev–Trinajstić information content (AvgIpc) is 3.13. The molecule has 1 saturated carbocycles. The first-order chi connectivity index (χ1) is 8.65.